The number of hydrogen-bond donors (Lipinski definition) is 1. The molecule has 0 bridgehead atoms. The molecule has 3 aromatic carbocycles. The number of hydrogen-bond acceptors (Lipinski definition) is 5. The molecule has 0 radical (unpaired) electrons. The van der Waals surface area contributed by atoms with Crippen molar-refractivity contribution >= 4 is 17.4 Å². The van der Waals surface area contributed by atoms with E-state index >= 15 is 0 Å². The highest BCUT2D eigenvalue weighted by Gasteiger charge is 2.46. The summed E-state index contributed by atoms with van der Waals surface area (Å²) >= 11 is 0. The molecule has 2 heterocycles. The average molecular weight is 502 g/mol. The Labute approximate surface area is 214 Å². The summed E-state index contributed by atoms with van der Waals surface area (Å²) in [5, 5.41) is 11.3. The number of aryl methyl sites for hydroxylation is 1. The molecule has 3 aromatic rings. The van der Waals surface area contributed by atoms with Crippen LogP contribution in [0.4, 0.5) is 4.39 Å². The number of amides is 1. The van der Waals surface area contributed by atoms with Gasteiger partial charge in [0.15, 0.2) is 11.5 Å². The van der Waals surface area contributed by atoms with Gasteiger partial charge >= 0.3 is 0 Å². The van der Waals surface area contributed by atoms with Crippen molar-refractivity contribution in [3.8, 4) is 11.5 Å². The highest BCUT2D eigenvalue weighted by Crippen LogP contribution is 2.42. The van der Waals surface area contributed by atoms with Gasteiger partial charge in [0.1, 0.15) is 11.6 Å². The van der Waals surface area contributed by atoms with Gasteiger partial charge in [-0.15, -0.1) is 0 Å². The smallest absolute Gasteiger partial charge is 0.295 e. The molecule has 0 spiro atoms. The summed E-state index contributed by atoms with van der Waals surface area (Å²) in [6, 6.07) is 16.3. The molecule has 2 aliphatic rings. The average Bonchev–Trinajstić information content (AvgIpc) is 3.43. The van der Waals surface area contributed by atoms with Crippen molar-refractivity contribution in [2.45, 2.75) is 45.7 Å². The van der Waals surface area contributed by atoms with E-state index in [4.69, 9.17) is 9.47 Å². The Balaban J connectivity index is 1.62. The van der Waals surface area contributed by atoms with Crippen LogP contribution in [0.25, 0.3) is 5.76 Å². The highest BCUT2D eigenvalue weighted by molar-refractivity contribution is 6.46. The molecular weight excluding hydrogens is 473 g/mol. The zero-order valence-electron chi connectivity index (χ0n) is 21.2. The molecule has 1 fully saturated rings. The number of aliphatic hydroxyl groups is 1. The van der Waals surface area contributed by atoms with Gasteiger partial charge in [-0.2, -0.15) is 0 Å². The summed E-state index contributed by atoms with van der Waals surface area (Å²) in [4.78, 5) is 28.1. The van der Waals surface area contributed by atoms with Crippen molar-refractivity contribution in [1.29, 1.82) is 0 Å². The molecule has 2 aliphatic heterocycles. The van der Waals surface area contributed by atoms with Gasteiger partial charge in [-0.25, -0.2) is 4.39 Å². The Morgan fingerprint density at radius 2 is 1.70 bits per heavy atom. The first kappa shape index (κ1) is 24.6. The summed E-state index contributed by atoms with van der Waals surface area (Å²) < 4.78 is 24.8. The van der Waals surface area contributed by atoms with Gasteiger partial charge in [0.25, 0.3) is 11.7 Å². The number of Topliss-reactive ketones (excluding diaryl/α,β-unsaturated/α-hetero) is 1. The van der Waals surface area contributed by atoms with E-state index in [0.29, 0.717) is 22.6 Å². The van der Waals surface area contributed by atoms with Gasteiger partial charge in [0.05, 0.1) is 11.6 Å². The number of carbonyl (C=O) groups excluding carboxylic acids is 2. The van der Waals surface area contributed by atoms with Crippen molar-refractivity contribution in [3.63, 3.8) is 0 Å². The number of rotatable bonds is 4. The monoisotopic (exact) mass is 501 g/mol. The van der Waals surface area contributed by atoms with Gasteiger partial charge in [-0.05, 0) is 64.9 Å². The van der Waals surface area contributed by atoms with Crippen molar-refractivity contribution in [2.75, 3.05) is 6.79 Å². The number of likely N-dealkylation sites (tertiary alicyclic amines) is 1. The van der Waals surface area contributed by atoms with Crippen molar-refractivity contribution in [1.82, 2.24) is 4.90 Å². The summed E-state index contributed by atoms with van der Waals surface area (Å²) in [7, 11) is 0. The molecule has 1 amide bonds. The molecule has 1 atom stereocenters. The molecule has 37 heavy (non-hydrogen) atoms. The second kappa shape index (κ2) is 9.07. The SMILES string of the molecule is Cc1cc(/C(O)=C2\C(=O)C(=O)N(Cc3ccc4c(c3)OCO4)C2c2ccc(C(C)(C)C)cc2)ccc1F. The Hall–Kier alpha value is -4.13. The van der Waals surface area contributed by atoms with Crippen LogP contribution < -0.4 is 9.47 Å². The number of fused-ring (bicyclic) bond motifs is 1. The van der Waals surface area contributed by atoms with Gasteiger partial charge in [0, 0.05) is 12.1 Å². The lowest BCUT2D eigenvalue weighted by Gasteiger charge is -2.26. The largest absolute Gasteiger partial charge is 0.507 e. The lowest BCUT2D eigenvalue weighted by molar-refractivity contribution is -0.140. The summed E-state index contributed by atoms with van der Waals surface area (Å²) in [5.74, 6) is -1.07. The van der Waals surface area contributed by atoms with E-state index in [1.807, 2.05) is 30.3 Å². The van der Waals surface area contributed by atoms with E-state index in [9.17, 15) is 19.1 Å². The van der Waals surface area contributed by atoms with E-state index in [1.165, 1.54) is 23.1 Å². The molecule has 7 heteroatoms. The maximum atomic E-state index is 13.9. The number of ether oxygens (including phenoxy) is 2. The van der Waals surface area contributed by atoms with Crippen LogP contribution >= 0.6 is 0 Å². The number of benzene rings is 3. The zero-order valence-corrected chi connectivity index (χ0v) is 21.2. The normalized spacial score (nSPS) is 18.5. The van der Waals surface area contributed by atoms with Gasteiger partial charge < -0.3 is 19.5 Å². The molecule has 0 aromatic heterocycles. The second-order valence-electron chi connectivity index (χ2n) is 10.5. The topological polar surface area (TPSA) is 76.1 Å². The summed E-state index contributed by atoms with van der Waals surface area (Å²) in [5.41, 5.74) is 3.02. The fourth-order valence-corrected chi connectivity index (χ4v) is 4.74. The molecule has 1 saturated heterocycles. The number of carbonyl (C=O) groups is 2. The molecule has 6 nitrogen and oxygen atoms in total. The standard InChI is InChI=1S/C30H28FNO5/c1-17-13-20(8-11-22(17)31)27(33)25-26(19-6-9-21(10-7-19)30(2,3)4)32(29(35)28(25)34)15-18-5-12-23-24(14-18)37-16-36-23/h5-14,26,33H,15-16H2,1-4H3/b27-25+. The van der Waals surface area contributed by atoms with Crippen LogP contribution in [0.5, 0.6) is 11.5 Å². The molecule has 190 valence electrons. The highest BCUT2D eigenvalue weighted by atomic mass is 19.1. The Morgan fingerprint density at radius 1 is 1.00 bits per heavy atom. The number of ketones is 1. The molecule has 0 aliphatic carbocycles. The van der Waals surface area contributed by atoms with Crippen LogP contribution in [-0.2, 0) is 21.5 Å². The van der Waals surface area contributed by atoms with Crippen LogP contribution in [0, 0.1) is 12.7 Å². The Bertz CT molecular complexity index is 1440. The summed E-state index contributed by atoms with van der Waals surface area (Å²) in [6.07, 6.45) is 0. The third kappa shape index (κ3) is 4.46. The fraction of sp³-hybridized carbons (Fsp3) is 0.267. The molecule has 5 rings (SSSR count). The van der Waals surface area contributed by atoms with Crippen LogP contribution in [0.15, 0.2) is 66.2 Å². The van der Waals surface area contributed by atoms with Crippen molar-refractivity contribution < 1.29 is 28.6 Å². The van der Waals surface area contributed by atoms with Crippen LogP contribution in [0.1, 0.15) is 54.6 Å². The first-order chi connectivity index (χ1) is 17.5. The van der Waals surface area contributed by atoms with Crippen molar-refractivity contribution in [2.24, 2.45) is 0 Å². The first-order valence-corrected chi connectivity index (χ1v) is 12.1. The molecular formula is C30H28FNO5. The van der Waals surface area contributed by atoms with Gasteiger partial charge in [0.2, 0.25) is 6.79 Å². The lowest BCUT2D eigenvalue weighted by Crippen LogP contribution is -2.29. The Morgan fingerprint density at radius 3 is 2.38 bits per heavy atom. The van der Waals surface area contributed by atoms with E-state index in [0.717, 1.165) is 11.1 Å². The molecule has 1 unspecified atom stereocenters. The third-order valence-electron chi connectivity index (χ3n) is 6.85. The minimum Gasteiger partial charge on any atom is -0.507 e. The second-order valence-corrected chi connectivity index (χ2v) is 10.5. The molecule has 1 N–H and O–H groups in total. The quantitative estimate of drug-likeness (QED) is 0.279. The van der Waals surface area contributed by atoms with Crippen molar-refractivity contribution in [3.05, 3.63) is 99.9 Å². The van der Waals surface area contributed by atoms with Crippen LogP contribution in [-0.4, -0.2) is 28.5 Å². The zero-order chi connectivity index (χ0) is 26.5. The van der Waals surface area contributed by atoms with E-state index in [2.05, 4.69) is 20.8 Å². The van der Waals surface area contributed by atoms with E-state index < -0.39 is 23.5 Å². The minimum absolute atomic E-state index is 0.0275. The maximum Gasteiger partial charge on any atom is 0.295 e. The molecule has 0 saturated carbocycles. The number of nitrogens with zero attached hydrogens (tertiary/aromatic N) is 1. The Kier molecular flexibility index (Phi) is 6.02. The van der Waals surface area contributed by atoms with Gasteiger partial charge in [-0.3, -0.25) is 9.59 Å². The van der Waals surface area contributed by atoms with E-state index in [1.54, 1.807) is 19.1 Å². The van der Waals surface area contributed by atoms with Crippen LogP contribution in [0.3, 0.4) is 0 Å². The summed E-state index contributed by atoms with van der Waals surface area (Å²) in [6.45, 7) is 8.12. The lowest BCUT2D eigenvalue weighted by atomic mass is 9.85. The minimum atomic E-state index is -0.829. The van der Waals surface area contributed by atoms with E-state index in [-0.39, 0.29) is 35.6 Å². The predicted octanol–water partition coefficient (Wildman–Crippen LogP) is 5.78. The number of halogens is 1. The number of aliphatic hydroxyl groups excluding tert-OH is 1. The van der Waals surface area contributed by atoms with Crippen LogP contribution in [0.2, 0.25) is 0 Å². The maximum absolute atomic E-state index is 13.9. The predicted molar refractivity (Wildman–Crippen MR) is 137 cm³/mol. The fourth-order valence-electron chi connectivity index (χ4n) is 4.74. The van der Waals surface area contributed by atoms with Gasteiger partial charge in [-0.1, -0.05) is 51.1 Å². The third-order valence-corrected chi connectivity index (χ3v) is 6.85. The first-order valence-electron chi connectivity index (χ1n) is 12.1.